The van der Waals surface area contributed by atoms with E-state index < -0.39 is 0 Å². The number of para-hydroxylation sites is 1. The lowest BCUT2D eigenvalue weighted by Gasteiger charge is -2.30. The first-order chi connectivity index (χ1) is 12.9. The van der Waals surface area contributed by atoms with Crippen molar-refractivity contribution in [2.75, 3.05) is 6.54 Å². The number of nitrogens with one attached hydrogen (secondary N) is 1. The van der Waals surface area contributed by atoms with Gasteiger partial charge in [-0.2, -0.15) is 0 Å². The molecule has 0 spiro atoms. The molecule has 0 saturated carbocycles. The Labute approximate surface area is 160 Å². The van der Waals surface area contributed by atoms with Gasteiger partial charge in [0.25, 0.3) is 0 Å². The zero-order valence-electron chi connectivity index (χ0n) is 14.4. The molecule has 1 saturated heterocycles. The van der Waals surface area contributed by atoms with E-state index in [1.165, 1.54) is 35.5 Å². The van der Waals surface area contributed by atoms with Crippen molar-refractivity contribution in [3.05, 3.63) is 58.5 Å². The molecule has 1 aliphatic heterocycles. The first-order valence-electron chi connectivity index (χ1n) is 9.06. The minimum absolute atomic E-state index is 0.461. The first kappa shape index (κ1) is 16.2. The van der Waals surface area contributed by atoms with Gasteiger partial charge in [-0.3, -0.25) is 0 Å². The average molecular weight is 383 g/mol. The van der Waals surface area contributed by atoms with Gasteiger partial charge in [-0.15, -0.1) is 22.7 Å². The third-order valence-electron chi connectivity index (χ3n) is 5.07. The van der Waals surface area contributed by atoms with Crippen LogP contribution >= 0.6 is 22.7 Å². The fourth-order valence-corrected chi connectivity index (χ4v) is 5.62. The summed E-state index contributed by atoms with van der Waals surface area (Å²) in [6.45, 7) is 2.07. The topological polar surface area (TPSA) is 43.4 Å². The molecule has 4 heterocycles. The van der Waals surface area contributed by atoms with Gasteiger partial charge >= 0.3 is 0 Å². The Balaban J connectivity index is 1.39. The maximum atomic E-state index is 5.57. The van der Waals surface area contributed by atoms with E-state index in [1.807, 2.05) is 17.4 Å². The highest BCUT2D eigenvalue weighted by atomic mass is 32.1. The van der Waals surface area contributed by atoms with Crippen LogP contribution in [-0.2, 0) is 6.54 Å². The molecule has 0 radical (unpaired) electrons. The van der Waals surface area contributed by atoms with Crippen molar-refractivity contribution in [3.8, 4) is 10.6 Å². The van der Waals surface area contributed by atoms with E-state index >= 15 is 0 Å². The van der Waals surface area contributed by atoms with Crippen molar-refractivity contribution < 1.29 is 9.42 Å². The van der Waals surface area contributed by atoms with E-state index in [0.717, 1.165) is 28.4 Å². The lowest BCUT2D eigenvalue weighted by molar-refractivity contribution is -0.950. The van der Waals surface area contributed by atoms with Crippen LogP contribution in [0, 0.1) is 0 Å². The maximum Gasteiger partial charge on any atom is 0.177 e. The predicted octanol–water partition coefficient (Wildman–Crippen LogP) is 4.32. The molecule has 1 N–H and O–H groups in total. The van der Waals surface area contributed by atoms with Crippen LogP contribution in [0.3, 0.4) is 0 Å². The van der Waals surface area contributed by atoms with Gasteiger partial charge in [-0.1, -0.05) is 23.4 Å². The van der Waals surface area contributed by atoms with Gasteiger partial charge in [-0.05, 0) is 36.4 Å². The molecule has 2 atom stereocenters. The highest BCUT2D eigenvalue weighted by Gasteiger charge is 2.31. The Morgan fingerprint density at radius 3 is 3.00 bits per heavy atom. The number of hydrogen-bond donors (Lipinski definition) is 1. The number of likely N-dealkylation sites (tertiary alicyclic amines) is 1. The van der Waals surface area contributed by atoms with Crippen molar-refractivity contribution >= 4 is 32.9 Å². The van der Waals surface area contributed by atoms with Crippen molar-refractivity contribution in [1.29, 1.82) is 0 Å². The van der Waals surface area contributed by atoms with Crippen LogP contribution < -0.4 is 4.90 Å². The van der Waals surface area contributed by atoms with Gasteiger partial charge < -0.3 is 9.42 Å². The van der Waals surface area contributed by atoms with Crippen molar-refractivity contribution in [3.63, 3.8) is 0 Å². The second kappa shape index (κ2) is 6.95. The minimum atomic E-state index is 0.461. The van der Waals surface area contributed by atoms with Gasteiger partial charge in [0.1, 0.15) is 18.3 Å². The second-order valence-corrected chi connectivity index (χ2v) is 8.82. The summed E-state index contributed by atoms with van der Waals surface area (Å²) in [6.07, 6.45) is 3.75. The number of quaternary nitrogens is 1. The number of benzene rings is 1. The molecular formula is C20H20N3OS2+. The first-order valence-corrected chi connectivity index (χ1v) is 10.8. The largest absolute Gasteiger partial charge is 0.355 e. The molecule has 1 aromatic carbocycles. The SMILES string of the molecule is c1csc(-c2cc(C[NH+]3CCCC[C@H]3c3nc4ccccc4s3)no2)c1. The van der Waals surface area contributed by atoms with Crippen LogP contribution in [0.25, 0.3) is 20.9 Å². The van der Waals surface area contributed by atoms with Crippen LogP contribution in [0.1, 0.15) is 36.0 Å². The smallest absolute Gasteiger partial charge is 0.177 e. The van der Waals surface area contributed by atoms with E-state index in [-0.39, 0.29) is 0 Å². The van der Waals surface area contributed by atoms with Gasteiger partial charge in [0, 0.05) is 12.5 Å². The fourth-order valence-electron chi connectivity index (χ4n) is 3.79. The summed E-state index contributed by atoms with van der Waals surface area (Å²) < 4.78 is 6.86. The number of thiophene rings is 1. The number of aromatic nitrogens is 2. The number of fused-ring (bicyclic) bond motifs is 1. The quantitative estimate of drug-likeness (QED) is 0.571. The zero-order valence-corrected chi connectivity index (χ0v) is 16.0. The molecule has 26 heavy (non-hydrogen) atoms. The standard InChI is InChI=1S/C20H19N3OS2/c1-2-8-18-15(6-1)21-20(26-18)16-7-3-4-10-23(16)13-14-12-17(24-22-14)19-9-5-11-25-19/h1-2,5-6,8-9,11-12,16H,3-4,7,10,13H2/p+1/t16-/m0/s1. The predicted molar refractivity (Wildman–Crippen MR) is 106 cm³/mol. The summed E-state index contributed by atoms with van der Waals surface area (Å²) in [5.74, 6) is 0.878. The number of nitrogens with zero attached hydrogens (tertiary/aromatic N) is 2. The maximum absolute atomic E-state index is 5.57. The van der Waals surface area contributed by atoms with E-state index in [2.05, 4.69) is 46.9 Å². The van der Waals surface area contributed by atoms with Gasteiger partial charge in [0.2, 0.25) is 0 Å². The molecule has 4 aromatic rings. The van der Waals surface area contributed by atoms with E-state index in [0.29, 0.717) is 6.04 Å². The second-order valence-electron chi connectivity index (χ2n) is 6.81. The third-order valence-corrected chi connectivity index (χ3v) is 7.11. The molecule has 0 bridgehead atoms. The molecule has 0 aliphatic carbocycles. The summed E-state index contributed by atoms with van der Waals surface area (Å²) in [5.41, 5.74) is 2.16. The fraction of sp³-hybridized carbons (Fsp3) is 0.300. The number of piperidine rings is 1. The monoisotopic (exact) mass is 382 g/mol. The molecule has 1 fully saturated rings. The summed E-state index contributed by atoms with van der Waals surface area (Å²) in [7, 11) is 0. The third kappa shape index (κ3) is 3.09. The number of rotatable bonds is 4. The van der Waals surface area contributed by atoms with Crippen LogP contribution in [0.5, 0.6) is 0 Å². The molecule has 5 rings (SSSR count). The van der Waals surface area contributed by atoms with Gasteiger partial charge in [0.15, 0.2) is 10.8 Å². The lowest BCUT2D eigenvalue weighted by atomic mass is 10.0. The Hall–Kier alpha value is -2.02. The highest BCUT2D eigenvalue weighted by Crippen LogP contribution is 2.29. The van der Waals surface area contributed by atoms with Crippen molar-refractivity contribution in [2.24, 2.45) is 0 Å². The summed E-state index contributed by atoms with van der Waals surface area (Å²) in [5, 5.41) is 7.66. The molecule has 3 aromatic heterocycles. The molecule has 1 unspecified atom stereocenters. The summed E-state index contributed by atoms with van der Waals surface area (Å²) in [4.78, 5) is 7.63. The number of hydrogen-bond acceptors (Lipinski definition) is 5. The van der Waals surface area contributed by atoms with Gasteiger partial charge in [0.05, 0.1) is 21.6 Å². The van der Waals surface area contributed by atoms with E-state index in [9.17, 15) is 0 Å². The van der Waals surface area contributed by atoms with Crippen LogP contribution in [0.2, 0.25) is 0 Å². The highest BCUT2D eigenvalue weighted by molar-refractivity contribution is 7.18. The summed E-state index contributed by atoms with van der Waals surface area (Å²) >= 11 is 3.53. The molecule has 4 nitrogen and oxygen atoms in total. The zero-order chi connectivity index (χ0) is 17.3. The number of thiazole rings is 1. The van der Waals surface area contributed by atoms with Crippen LogP contribution in [0.15, 0.2) is 52.4 Å². The normalized spacial score (nSPS) is 20.6. The van der Waals surface area contributed by atoms with Crippen LogP contribution in [0.4, 0.5) is 0 Å². The molecule has 6 heteroatoms. The van der Waals surface area contributed by atoms with E-state index in [1.54, 1.807) is 16.2 Å². The summed E-state index contributed by atoms with van der Waals surface area (Å²) in [6, 6.07) is 15.1. The van der Waals surface area contributed by atoms with Gasteiger partial charge in [-0.25, -0.2) is 4.98 Å². The van der Waals surface area contributed by atoms with E-state index in [4.69, 9.17) is 9.51 Å². The molecular weight excluding hydrogens is 362 g/mol. The Bertz CT molecular complexity index is 972. The van der Waals surface area contributed by atoms with Crippen molar-refractivity contribution in [1.82, 2.24) is 10.1 Å². The minimum Gasteiger partial charge on any atom is -0.355 e. The molecule has 132 valence electrons. The van der Waals surface area contributed by atoms with Crippen molar-refractivity contribution in [2.45, 2.75) is 31.8 Å². The Morgan fingerprint density at radius 1 is 1.15 bits per heavy atom. The molecule has 0 amide bonds. The average Bonchev–Trinajstić information content (AvgIpc) is 3.42. The van der Waals surface area contributed by atoms with Crippen LogP contribution in [-0.4, -0.2) is 16.7 Å². The molecule has 1 aliphatic rings. The lowest BCUT2D eigenvalue weighted by Crippen LogP contribution is -3.11. The Kier molecular flexibility index (Phi) is 4.32. The Morgan fingerprint density at radius 2 is 2.12 bits per heavy atom.